The van der Waals surface area contributed by atoms with Gasteiger partial charge in [-0.15, -0.1) is 16.8 Å². The minimum absolute atomic E-state index is 0.146. The summed E-state index contributed by atoms with van der Waals surface area (Å²) in [6.07, 6.45) is 3.61. The molecule has 0 aliphatic rings. The van der Waals surface area contributed by atoms with Gasteiger partial charge in [0.2, 0.25) is 12.0 Å². The van der Waals surface area contributed by atoms with E-state index in [1.807, 2.05) is 0 Å². The fourth-order valence-corrected chi connectivity index (χ4v) is 1.77. The Morgan fingerprint density at radius 3 is 2.43 bits per heavy atom. The molecule has 0 aliphatic carbocycles. The molecule has 1 aromatic carbocycles. The summed E-state index contributed by atoms with van der Waals surface area (Å²) in [6.45, 7) is 7.27. The molecule has 0 unspecified atom stereocenters. The largest absolute Gasteiger partial charge is 0.463 e. The number of rotatable bonds is 6. The highest BCUT2D eigenvalue weighted by atomic mass is 35.5. The lowest BCUT2D eigenvalue weighted by molar-refractivity contribution is -0.136. The van der Waals surface area contributed by atoms with Crippen molar-refractivity contribution in [2.75, 3.05) is 0 Å². The molecule has 0 N–H and O–H groups in total. The van der Waals surface area contributed by atoms with E-state index in [0.717, 1.165) is 0 Å². The number of halogens is 1. The minimum Gasteiger partial charge on any atom is -0.463 e. The van der Waals surface area contributed by atoms with Crippen molar-refractivity contribution in [2.45, 2.75) is 20.1 Å². The SMILES string of the molecule is C=CC(C)(C)C(=O)[C@H](Oc1ccc(Cl)cc1)n1cnnc1. The number of allylic oxidation sites excluding steroid dienone is 1. The first kappa shape index (κ1) is 15.3. The van der Waals surface area contributed by atoms with Crippen LogP contribution in [0.25, 0.3) is 0 Å². The predicted octanol–water partition coefficient (Wildman–Crippen LogP) is 3.29. The van der Waals surface area contributed by atoms with Crippen LogP contribution in [-0.2, 0) is 4.79 Å². The summed E-state index contributed by atoms with van der Waals surface area (Å²) in [4.78, 5) is 12.7. The zero-order valence-corrected chi connectivity index (χ0v) is 12.6. The summed E-state index contributed by atoms with van der Waals surface area (Å²) < 4.78 is 7.31. The van der Waals surface area contributed by atoms with Gasteiger partial charge in [0.25, 0.3) is 0 Å². The van der Waals surface area contributed by atoms with Gasteiger partial charge in [-0.1, -0.05) is 17.7 Å². The number of carbonyl (C=O) groups excluding carboxylic acids is 1. The second-order valence-electron chi connectivity index (χ2n) is 5.12. The van der Waals surface area contributed by atoms with E-state index in [4.69, 9.17) is 16.3 Å². The van der Waals surface area contributed by atoms with Crippen LogP contribution >= 0.6 is 11.6 Å². The van der Waals surface area contributed by atoms with Crippen LogP contribution < -0.4 is 4.74 Å². The predicted molar refractivity (Wildman–Crippen MR) is 80.1 cm³/mol. The highest BCUT2D eigenvalue weighted by Gasteiger charge is 2.34. The normalized spacial score (nSPS) is 12.7. The topological polar surface area (TPSA) is 57.0 Å². The second kappa shape index (κ2) is 6.10. The van der Waals surface area contributed by atoms with Crippen molar-refractivity contribution in [2.24, 2.45) is 5.41 Å². The Balaban J connectivity index is 2.31. The molecule has 6 heteroatoms. The molecule has 110 valence electrons. The fourth-order valence-electron chi connectivity index (χ4n) is 1.64. The molecule has 0 radical (unpaired) electrons. The lowest BCUT2D eigenvalue weighted by Gasteiger charge is -2.26. The summed E-state index contributed by atoms with van der Waals surface area (Å²) in [5, 5.41) is 8.04. The molecule has 0 aliphatic heterocycles. The summed E-state index contributed by atoms with van der Waals surface area (Å²) in [5.74, 6) is 0.388. The first-order valence-electron chi connectivity index (χ1n) is 6.38. The molecule has 2 rings (SSSR count). The Morgan fingerprint density at radius 1 is 1.33 bits per heavy atom. The molecule has 0 spiro atoms. The van der Waals surface area contributed by atoms with Crippen LogP contribution in [-0.4, -0.2) is 20.5 Å². The number of ether oxygens (including phenoxy) is 1. The molecule has 1 heterocycles. The van der Waals surface area contributed by atoms with Gasteiger partial charge in [-0.05, 0) is 38.1 Å². The van der Waals surface area contributed by atoms with Crippen LogP contribution in [0.1, 0.15) is 20.1 Å². The lowest BCUT2D eigenvalue weighted by atomic mass is 9.87. The smallest absolute Gasteiger partial charge is 0.238 e. The zero-order chi connectivity index (χ0) is 15.5. The number of benzene rings is 1. The summed E-state index contributed by atoms with van der Waals surface area (Å²) >= 11 is 5.84. The summed E-state index contributed by atoms with van der Waals surface area (Å²) in [5.41, 5.74) is -0.735. The number of ketones is 1. The average molecular weight is 306 g/mol. The molecule has 1 aromatic heterocycles. The van der Waals surface area contributed by atoms with E-state index in [2.05, 4.69) is 16.8 Å². The van der Waals surface area contributed by atoms with Crippen LogP contribution in [0.3, 0.4) is 0 Å². The van der Waals surface area contributed by atoms with Crippen molar-refractivity contribution in [1.29, 1.82) is 0 Å². The second-order valence-corrected chi connectivity index (χ2v) is 5.56. The minimum atomic E-state index is -0.867. The molecular formula is C15H16ClN3O2. The molecule has 0 amide bonds. The Bertz CT molecular complexity index is 621. The van der Waals surface area contributed by atoms with Crippen LogP contribution in [0, 0.1) is 5.41 Å². The van der Waals surface area contributed by atoms with Crippen molar-refractivity contribution < 1.29 is 9.53 Å². The van der Waals surface area contributed by atoms with Gasteiger partial charge in [-0.3, -0.25) is 9.36 Å². The van der Waals surface area contributed by atoms with E-state index in [1.165, 1.54) is 17.2 Å². The summed E-state index contributed by atoms with van der Waals surface area (Å²) in [6, 6.07) is 6.80. The standard InChI is InChI=1S/C15H16ClN3O2/c1-4-15(2,3)13(20)14(19-9-17-18-10-19)21-12-7-5-11(16)6-8-12/h4-10,14H,1H2,2-3H3/t14-/m0/s1. The van der Waals surface area contributed by atoms with Crippen molar-refractivity contribution in [3.8, 4) is 5.75 Å². The third-order valence-electron chi connectivity index (χ3n) is 3.14. The number of hydrogen-bond donors (Lipinski definition) is 0. The highest BCUT2D eigenvalue weighted by molar-refractivity contribution is 6.30. The molecule has 21 heavy (non-hydrogen) atoms. The van der Waals surface area contributed by atoms with Gasteiger partial charge in [0, 0.05) is 10.4 Å². The van der Waals surface area contributed by atoms with Crippen molar-refractivity contribution in [3.05, 3.63) is 54.6 Å². The maximum absolute atomic E-state index is 12.7. The van der Waals surface area contributed by atoms with Crippen molar-refractivity contribution in [3.63, 3.8) is 0 Å². The molecular weight excluding hydrogens is 290 g/mol. The molecule has 0 saturated heterocycles. The van der Waals surface area contributed by atoms with Crippen LogP contribution in [0.15, 0.2) is 49.6 Å². The molecule has 1 atom stereocenters. The highest BCUT2D eigenvalue weighted by Crippen LogP contribution is 2.28. The van der Waals surface area contributed by atoms with Crippen LogP contribution in [0.2, 0.25) is 5.02 Å². The van der Waals surface area contributed by atoms with E-state index in [0.29, 0.717) is 10.8 Å². The number of hydrogen-bond acceptors (Lipinski definition) is 4. The Kier molecular flexibility index (Phi) is 4.43. The Labute approximate surface area is 128 Å². The number of nitrogens with zero attached hydrogens (tertiary/aromatic N) is 3. The van der Waals surface area contributed by atoms with Gasteiger partial charge in [-0.25, -0.2) is 0 Å². The number of carbonyl (C=O) groups is 1. The Morgan fingerprint density at radius 2 is 1.90 bits per heavy atom. The fraction of sp³-hybridized carbons (Fsp3) is 0.267. The molecule has 0 bridgehead atoms. The quantitative estimate of drug-likeness (QED) is 0.768. The maximum atomic E-state index is 12.7. The first-order chi connectivity index (χ1) is 9.94. The molecule has 2 aromatic rings. The van der Waals surface area contributed by atoms with Crippen LogP contribution in [0.4, 0.5) is 0 Å². The average Bonchev–Trinajstić information content (AvgIpc) is 3.00. The maximum Gasteiger partial charge on any atom is 0.238 e. The zero-order valence-electron chi connectivity index (χ0n) is 11.9. The monoisotopic (exact) mass is 305 g/mol. The van der Waals surface area contributed by atoms with Gasteiger partial charge in [0.15, 0.2) is 0 Å². The van der Waals surface area contributed by atoms with Gasteiger partial charge >= 0.3 is 0 Å². The van der Waals surface area contributed by atoms with E-state index >= 15 is 0 Å². The lowest BCUT2D eigenvalue weighted by Crippen LogP contribution is -2.34. The summed E-state index contributed by atoms with van der Waals surface area (Å²) in [7, 11) is 0. The van der Waals surface area contributed by atoms with E-state index < -0.39 is 11.6 Å². The van der Waals surface area contributed by atoms with E-state index in [1.54, 1.807) is 44.2 Å². The number of Topliss-reactive ketones (excluding diaryl/α,β-unsaturated/α-hetero) is 1. The van der Waals surface area contributed by atoms with Gasteiger partial charge in [0.05, 0.1) is 0 Å². The van der Waals surface area contributed by atoms with Gasteiger partial charge < -0.3 is 4.74 Å². The molecule has 5 nitrogen and oxygen atoms in total. The molecule has 0 fully saturated rings. The first-order valence-corrected chi connectivity index (χ1v) is 6.76. The third-order valence-corrected chi connectivity index (χ3v) is 3.39. The Hall–Kier alpha value is -2.14. The molecule has 0 saturated carbocycles. The van der Waals surface area contributed by atoms with E-state index in [-0.39, 0.29) is 5.78 Å². The van der Waals surface area contributed by atoms with Gasteiger partial charge in [0.1, 0.15) is 18.4 Å². The van der Waals surface area contributed by atoms with E-state index in [9.17, 15) is 4.79 Å². The van der Waals surface area contributed by atoms with Gasteiger partial charge in [-0.2, -0.15) is 0 Å². The van der Waals surface area contributed by atoms with Crippen molar-refractivity contribution in [1.82, 2.24) is 14.8 Å². The number of aromatic nitrogens is 3. The third kappa shape index (κ3) is 3.49. The van der Waals surface area contributed by atoms with Crippen LogP contribution in [0.5, 0.6) is 5.75 Å². The van der Waals surface area contributed by atoms with Crippen molar-refractivity contribution >= 4 is 17.4 Å².